The van der Waals surface area contributed by atoms with Gasteiger partial charge in [0.25, 0.3) is 0 Å². The highest BCUT2D eigenvalue weighted by Crippen LogP contribution is 2.28. The number of hydrogen-bond acceptors (Lipinski definition) is 1. The maximum atomic E-state index is 12.2. The molecule has 0 saturated heterocycles. The fourth-order valence-electron chi connectivity index (χ4n) is 1.08. The maximum Gasteiger partial charge on any atom is 0.416 e. The molecule has 88 valence electrons. The minimum Gasteiger partial charge on any atom is -0.366 e. The van der Waals surface area contributed by atoms with Crippen LogP contribution in [0.4, 0.5) is 13.2 Å². The largest absolute Gasteiger partial charge is 0.416 e. The first kappa shape index (κ1) is 12.8. The molecule has 0 spiro atoms. The van der Waals surface area contributed by atoms with Gasteiger partial charge in [-0.15, -0.1) is 0 Å². The van der Waals surface area contributed by atoms with Crippen molar-refractivity contribution < 1.29 is 13.2 Å². The minimum atomic E-state index is -4.29. The zero-order chi connectivity index (χ0) is 12.2. The van der Waals surface area contributed by atoms with Crippen LogP contribution in [0, 0.1) is 0 Å². The Bertz CT molecular complexity index is 359. The van der Waals surface area contributed by atoms with Crippen LogP contribution in [0.15, 0.2) is 24.3 Å². The van der Waals surface area contributed by atoms with E-state index in [1.54, 1.807) is 7.05 Å². The molecule has 0 aliphatic rings. The van der Waals surface area contributed by atoms with Crippen LogP contribution < -0.4 is 10.6 Å². The number of benzene rings is 1. The molecule has 1 rings (SSSR count). The third-order valence-electron chi connectivity index (χ3n) is 1.96. The summed E-state index contributed by atoms with van der Waals surface area (Å²) < 4.78 is 36.7. The number of alkyl halides is 3. The molecule has 0 saturated carbocycles. The van der Waals surface area contributed by atoms with E-state index in [0.29, 0.717) is 11.7 Å². The Morgan fingerprint density at radius 3 is 2.25 bits per heavy atom. The van der Waals surface area contributed by atoms with Crippen molar-refractivity contribution in [1.82, 2.24) is 10.6 Å². The van der Waals surface area contributed by atoms with Gasteiger partial charge in [0.1, 0.15) is 0 Å². The van der Waals surface area contributed by atoms with Crippen molar-refractivity contribution in [1.29, 1.82) is 0 Å². The topological polar surface area (TPSA) is 24.1 Å². The van der Waals surface area contributed by atoms with E-state index >= 15 is 0 Å². The molecule has 2 nitrogen and oxygen atoms in total. The summed E-state index contributed by atoms with van der Waals surface area (Å²) in [6.45, 7) is 0.401. The van der Waals surface area contributed by atoms with E-state index in [2.05, 4.69) is 10.6 Å². The zero-order valence-corrected chi connectivity index (χ0v) is 9.38. The first-order chi connectivity index (χ1) is 7.43. The molecule has 6 heteroatoms. The summed E-state index contributed by atoms with van der Waals surface area (Å²) in [5.74, 6) is 0. The van der Waals surface area contributed by atoms with Crippen molar-refractivity contribution in [3.8, 4) is 0 Å². The molecule has 1 aromatic carbocycles. The van der Waals surface area contributed by atoms with Crippen molar-refractivity contribution in [3.05, 3.63) is 35.4 Å². The lowest BCUT2D eigenvalue weighted by molar-refractivity contribution is -0.137. The van der Waals surface area contributed by atoms with Crippen molar-refractivity contribution in [2.45, 2.75) is 12.7 Å². The molecule has 0 aliphatic carbocycles. The van der Waals surface area contributed by atoms with Crippen molar-refractivity contribution in [3.63, 3.8) is 0 Å². The van der Waals surface area contributed by atoms with Crippen LogP contribution in [0.25, 0.3) is 0 Å². The highest BCUT2D eigenvalue weighted by Gasteiger charge is 2.29. The Kier molecular flexibility index (Phi) is 4.12. The molecule has 0 bridgehead atoms. The van der Waals surface area contributed by atoms with Crippen molar-refractivity contribution in [2.24, 2.45) is 0 Å². The van der Waals surface area contributed by atoms with Gasteiger partial charge in [-0.2, -0.15) is 13.2 Å². The van der Waals surface area contributed by atoms with Crippen LogP contribution in [0.3, 0.4) is 0 Å². The minimum absolute atomic E-state index is 0.401. The fraction of sp³-hybridized carbons (Fsp3) is 0.300. The molecule has 0 amide bonds. The number of thiocarbonyl (C=S) groups is 1. The summed E-state index contributed by atoms with van der Waals surface area (Å²) in [5, 5.41) is 6.02. The standard InChI is InChI=1S/C10H11F3N2S/c1-14-9(16)15-6-7-2-4-8(5-3-7)10(11,12)13/h2-5H,6H2,1H3,(H2,14,15,16). The molecule has 0 fully saturated rings. The monoisotopic (exact) mass is 248 g/mol. The smallest absolute Gasteiger partial charge is 0.366 e. The molecule has 2 N–H and O–H groups in total. The van der Waals surface area contributed by atoms with E-state index in [4.69, 9.17) is 12.2 Å². The highest BCUT2D eigenvalue weighted by molar-refractivity contribution is 7.80. The van der Waals surface area contributed by atoms with Gasteiger partial charge in [-0.25, -0.2) is 0 Å². The lowest BCUT2D eigenvalue weighted by Crippen LogP contribution is -2.31. The molecular formula is C10H11F3N2S. The summed E-state index contributed by atoms with van der Waals surface area (Å²) in [6.07, 6.45) is -4.29. The fourth-order valence-corrected chi connectivity index (χ4v) is 1.15. The Balaban J connectivity index is 2.62. The normalized spacial score (nSPS) is 11.0. The second-order valence-corrected chi connectivity index (χ2v) is 3.54. The average Bonchev–Trinajstić information content (AvgIpc) is 2.25. The van der Waals surface area contributed by atoms with Gasteiger partial charge in [-0.05, 0) is 29.9 Å². The summed E-state index contributed by atoms with van der Waals surface area (Å²) in [5.41, 5.74) is 0.0954. The third kappa shape index (κ3) is 3.69. The predicted molar refractivity (Wildman–Crippen MR) is 59.9 cm³/mol. The first-order valence-corrected chi connectivity index (χ1v) is 4.96. The van der Waals surface area contributed by atoms with Crippen LogP contribution in [-0.2, 0) is 12.7 Å². The first-order valence-electron chi connectivity index (χ1n) is 4.55. The second kappa shape index (κ2) is 5.16. The zero-order valence-electron chi connectivity index (χ0n) is 8.56. The van der Waals surface area contributed by atoms with Gasteiger partial charge in [0, 0.05) is 13.6 Å². The van der Waals surface area contributed by atoms with Crippen LogP contribution in [0.2, 0.25) is 0 Å². The Morgan fingerprint density at radius 1 is 1.25 bits per heavy atom. The van der Waals surface area contributed by atoms with E-state index in [9.17, 15) is 13.2 Å². The Morgan fingerprint density at radius 2 is 1.81 bits per heavy atom. The molecule has 1 aromatic rings. The summed E-state index contributed by atoms with van der Waals surface area (Å²) >= 11 is 4.84. The van der Waals surface area contributed by atoms with Gasteiger partial charge in [0.2, 0.25) is 0 Å². The van der Waals surface area contributed by atoms with Crippen molar-refractivity contribution in [2.75, 3.05) is 7.05 Å². The van der Waals surface area contributed by atoms with Gasteiger partial charge in [-0.3, -0.25) is 0 Å². The summed E-state index contributed by atoms with van der Waals surface area (Å²) in [6, 6.07) is 4.96. The average molecular weight is 248 g/mol. The number of halogens is 3. The van der Waals surface area contributed by atoms with Gasteiger partial charge in [-0.1, -0.05) is 12.1 Å². The number of hydrogen-bond donors (Lipinski definition) is 2. The Hall–Kier alpha value is -1.30. The van der Waals surface area contributed by atoms with E-state index < -0.39 is 11.7 Å². The molecule has 0 atom stereocenters. The van der Waals surface area contributed by atoms with Gasteiger partial charge < -0.3 is 10.6 Å². The quantitative estimate of drug-likeness (QED) is 0.785. The predicted octanol–water partition coefficient (Wildman–Crippen LogP) is 2.30. The van der Waals surface area contributed by atoms with Crippen LogP contribution in [-0.4, -0.2) is 12.2 Å². The highest BCUT2D eigenvalue weighted by atomic mass is 32.1. The lowest BCUT2D eigenvalue weighted by atomic mass is 10.1. The molecule has 16 heavy (non-hydrogen) atoms. The van der Waals surface area contributed by atoms with Crippen LogP contribution >= 0.6 is 12.2 Å². The number of nitrogens with one attached hydrogen (secondary N) is 2. The van der Waals surface area contributed by atoms with E-state index in [-0.39, 0.29) is 0 Å². The van der Waals surface area contributed by atoms with E-state index in [0.717, 1.165) is 17.7 Å². The maximum absolute atomic E-state index is 12.2. The second-order valence-electron chi connectivity index (χ2n) is 3.13. The SMILES string of the molecule is CNC(=S)NCc1ccc(C(F)(F)F)cc1. The third-order valence-corrected chi connectivity index (χ3v) is 2.31. The lowest BCUT2D eigenvalue weighted by Gasteiger charge is -2.09. The molecule has 0 aliphatic heterocycles. The molecule has 0 radical (unpaired) electrons. The van der Waals surface area contributed by atoms with Crippen LogP contribution in [0.5, 0.6) is 0 Å². The molecule has 0 aromatic heterocycles. The summed E-state index contributed by atoms with van der Waals surface area (Å²) in [7, 11) is 1.67. The van der Waals surface area contributed by atoms with E-state index in [1.807, 2.05) is 0 Å². The molecule has 0 heterocycles. The Labute approximate surface area is 96.8 Å². The van der Waals surface area contributed by atoms with Gasteiger partial charge >= 0.3 is 6.18 Å². The van der Waals surface area contributed by atoms with Gasteiger partial charge in [0.15, 0.2) is 5.11 Å². The molecule has 0 unspecified atom stereocenters. The van der Waals surface area contributed by atoms with E-state index in [1.165, 1.54) is 12.1 Å². The number of rotatable bonds is 2. The van der Waals surface area contributed by atoms with Crippen molar-refractivity contribution >= 4 is 17.3 Å². The summed E-state index contributed by atoms with van der Waals surface area (Å²) in [4.78, 5) is 0. The van der Waals surface area contributed by atoms with Gasteiger partial charge in [0.05, 0.1) is 5.56 Å². The molecular weight excluding hydrogens is 237 g/mol. The van der Waals surface area contributed by atoms with Crippen LogP contribution in [0.1, 0.15) is 11.1 Å².